The first-order valence-corrected chi connectivity index (χ1v) is 25.9. The highest BCUT2D eigenvalue weighted by molar-refractivity contribution is 5.71. The quantitative estimate of drug-likeness (QED) is 0.0346. The van der Waals surface area contributed by atoms with Crippen molar-refractivity contribution in [3.05, 3.63) is 0 Å². The molecule has 0 amide bonds. The first-order valence-electron chi connectivity index (χ1n) is 25.9. The van der Waals surface area contributed by atoms with E-state index in [1.165, 1.54) is 186 Å². The molecular formula is C52H100O6. The summed E-state index contributed by atoms with van der Waals surface area (Å²) in [4.78, 5) is 37.9. The number of unbranched alkanes of at least 4 members (excludes halogenated alkanes) is 34. The van der Waals surface area contributed by atoms with Crippen LogP contribution in [-0.2, 0) is 28.6 Å². The summed E-state index contributed by atoms with van der Waals surface area (Å²) in [5, 5.41) is 0. The Balaban J connectivity index is 4.28. The van der Waals surface area contributed by atoms with Crippen LogP contribution in [0.1, 0.15) is 291 Å². The van der Waals surface area contributed by atoms with Crippen molar-refractivity contribution in [2.24, 2.45) is 5.92 Å². The number of carbonyl (C=O) groups excluding carboxylic acids is 3. The van der Waals surface area contributed by atoms with E-state index in [0.29, 0.717) is 19.3 Å². The Morgan fingerprint density at radius 1 is 0.328 bits per heavy atom. The Hall–Kier alpha value is -1.59. The fourth-order valence-corrected chi connectivity index (χ4v) is 7.86. The van der Waals surface area contributed by atoms with Gasteiger partial charge in [0.15, 0.2) is 6.10 Å². The van der Waals surface area contributed by atoms with Crippen LogP contribution in [0.2, 0.25) is 0 Å². The highest BCUT2D eigenvalue weighted by Gasteiger charge is 2.19. The summed E-state index contributed by atoms with van der Waals surface area (Å²) in [5.74, 6) is -0.00688. The van der Waals surface area contributed by atoms with E-state index in [-0.39, 0.29) is 31.1 Å². The summed E-state index contributed by atoms with van der Waals surface area (Å²) in [5.41, 5.74) is 0. The fourth-order valence-electron chi connectivity index (χ4n) is 7.86. The molecule has 0 N–H and O–H groups in total. The van der Waals surface area contributed by atoms with Crippen LogP contribution in [0.15, 0.2) is 0 Å². The normalized spacial score (nSPS) is 11.9. The predicted molar refractivity (Wildman–Crippen MR) is 247 cm³/mol. The van der Waals surface area contributed by atoms with Crippen LogP contribution >= 0.6 is 0 Å². The lowest BCUT2D eigenvalue weighted by molar-refractivity contribution is -0.167. The second kappa shape index (κ2) is 46.5. The Kier molecular flexibility index (Phi) is 45.2. The maximum absolute atomic E-state index is 12.8. The van der Waals surface area contributed by atoms with Gasteiger partial charge in [0.05, 0.1) is 0 Å². The van der Waals surface area contributed by atoms with Gasteiger partial charge >= 0.3 is 17.9 Å². The molecule has 6 heteroatoms. The van der Waals surface area contributed by atoms with Crippen molar-refractivity contribution in [2.75, 3.05) is 13.2 Å². The molecule has 0 aliphatic carbocycles. The van der Waals surface area contributed by atoms with Crippen LogP contribution in [0.3, 0.4) is 0 Å². The minimum atomic E-state index is -0.760. The van der Waals surface area contributed by atoms with Gasteiger partial charge in [-0.15, -0.1) is 0 Å². The molecule has 0 saturated carbocycles. The summed E-state index contributed by atoms with van der Waals surface area (Å²) in [6.07, 6.45) is 48.0. The van der Waals surface area contributed by atoms with E-state index in [0.717, 1.165) is 63.7 Å². The molecular weight excluding hydrogens is 721 g/mol. The maximum Gasteiger partial charge on any atom is 0.306 e. The van der Waals surface area contributed by atoms with Gasteiger partial charge in [0.1, 0.15) is 13.2 Å². The Morgan fingerprint density at radius 2 is 0.569 bits per heavy atom. The molecule has 58 heavy (non-hydrogen) atoms. The average molecular weight is 821 g/mol. The van der Waals surface area contributed by atoms with Crippen LogP contribution in [0.4, 0.5) is 0 Å². The minimum absolute atomic E-state index is 0.0627. The van der Waals surface area contributed by atoms with E-state index in [1.807, 2.05) is 0 Å². The molecule has 0 aromatic heterocycles. The zero-order valence-corrected chi connectivity index (χ0v) is 39.5. The molecule has 0 unspecified atom stereocenters. The third-order valence-corrected chi connectivity index (χ3v) is 11.8. The first-order chi connectivity index (χ1) is 28.4. The molecule has 0 radical (unpaired) electrons. The predicted octanol–water partition coefficient (Wildman–Crippen LogP) is 16.7. The summed E-state index contributed by atoms with van der Waals surface area (Å²) in [6.45, 7) is 9.02. The van der Waals surface area contributed by atoms with Gasteiger partial charge in [0, 0.05) is 19.3 Å². The van der Waals surface area contributed by atoms with Crippen LogP contribution in [0, 0.1) is 5.92 Å². The van der Waals surface area contributed by atoms with Crippen molar-refractivity contribution in [3.8, 4) is 0 Å². The summed E-state index contributed by atoms with van der Waals surface area (Å²) < 4.78 is 16.8. The van der Waals surface area contributed by atoms with Crippen molar-refractivity contribution in [2.45, 2.75) is 297 Å². The third kappa shape index (κ3) is 45.5. The highest BCUT2D eigenvalue weighted by Crippen LogP contribution is 2.17. The largest absolute Gasteiger partial charge is 0.462 e. The molecule has 0 aromatic carbocycles. The second-order valence-corrected chi connectivity index (χ2v) is 18.3. The smallest absolute Gasteiger partial charge is 0.306 e. The lowest BCUT2D eigenvalue weighted by Crippen LogP contribution is -2.30. The standard InChI is InChI=1S/C52H100O6/c1-5-7-9-11-13-15-17-18-21-24-28-32-36-40-44-51(54)57-47-49(46-56-50(53)43-39-35-31-27-16-14-12-10-8-6-2)58-52(55)45-41-37-33-29-25-22-19-20-23-26-30-34-38-42-48(3)4/h48-49H,5-47H2,1-4H3/t49-/m0/s1. The number of ether oxygens (including phenoxy) is 3. The molecule has 6 nitrogen and oxygen atoms in total. The monoisotopic (exact) mass is 821 g/mol. The van der Waals surface area contributed by atoms with Crippen LogP contribution < -0.4 is 0 Å². The van der Waals surface area contributed by atoms with Gasteiger partial charge in [-0.2, -0.15) is 0 Å². The molecule has 0 saturated heterocycles. The van der Waals surface area contributed by atoms with Gasteiger partial charge < -0.3 is 14.2 Å². The Bertz CT molecular complexity index is 872. The molecule has 0 heterocycles. The molecule has 0 fully saturated rings. The molecule has 1 atom stereocenters. The first kappa shape index (κ1) is 56.4. The van der Waals surface area contributed by atoms with Crippen LogP contribution in [0.5, 0.6) is 0 Å². The van der Waals surface area contributed by atoms with E-state index < -0.39 is 6.10 Å². The van der Waals surface area contributed by atoms with Gasteiger partial charge in [0.2, 0.25) is 0 Å². The van der Waals surface area contributed by atoms with Crippen LogP contribution in [-0.4, -0.2) is 37.2 Å². The van der Waals surface area contributed by atoms with Gasteiger partial charge in [-0.1, -0.05) is 252 Å². The summed E-state index contributed by atoms with van der Waals surface area (Å²) >= 11 is 0. The minimum Gasteiger partial charge on any atom is -0.462 e. The SMILES string of the molecule is CCCCCCCCCCCCCCCCC(=O)OC[C@H](COC(=O)CCCCCCCCCCCC)OC(=O)CCCCCCCCCCCCCCCC(C)C. The molecule has 0 aromatic rings. The van der Waals surface area contributed by atoms with Crippen molar-refractivity contribution < 1.29 is 28.6 Å². The lowest BCUT2D eigenvalue weighted by atomic mass is 10.0. The number of rotatable bonds is 47. The molecule has 0 spiro atoms. The molecule has 344 valence electrons. The molecule has 0 rings (SSSR count). The fraction of sp³-hybridized carbons (Fsp3) is 0.942. The van der Waals surface area contributed by atoms with Crippen LogP contribution in [0.25, 0.3) is 0 Å². The molecule has 0 aliphatic rings. The van der Waals surface area contributed by atoms with Gasteiger partial charge in [0.25, 0.3) is 0 Å². The van der Waals surface area contributed by atoms with E-state index in [4.69, 9.17) is 14.2 Å². The second-order valence-electron chi connectivity index (χ2n) is 18.3. The number of carbonyl (C=O) groups is 3. The van der Waals surface area contributed by atoms with Crippen molar-refractivity contribution >= 4 is 17.9 Å². The topological polar surface area (TPSA) is 78.9 Å². The van der Waals surface area contributed by atoms with E-state index in [1.54, 1.807) is 0 Å². The lowest BCUT2D eigenvalue weighted by Gasteiger charge is -2.18. The average Bonchev–Trinajstić information content (AvgIpc) is 3.21. The van der Waals surface area contributed by atoms with Crippen molar-refractivity contribution in [3.63, 3.8) is 0 Å². The third-order valence-electron chi connectivity index (χ3n) is 11.8. The Morgan fingerprint density at radius 3 is 0.845 bits per heavy atom. The maximum atomic E-state index is 12.8. The zero-order chi connectivity index (χ0) is 42.4. The number of hydrogen-bond acceptors (Lipinski definition) is 6. The highest BCUT2D eigenvalue weighted by atomic mass is 16.6. The molecule has 0 aliphatic heterocycles. The van der Waals surface area contributed by atoms with Crippen molar-refractivity contribution in [1.82, 2.24) is 0 Å². The van der Waals surface area contributed by atoms with Gasteiger partial charge in [-0.25, -0.2) is 0 Å². The Labute approximate surface area is 361 Å². The van der Waals surface area contributed by atoms with Gasteiger partial charge in [-0.3, -0.25) is 14.4 Å². The number of hydrogen-bond donors (Lipinski definition) is 0. The molecule has 0 bridgehead atoms. The van der Waals surface area contributed by atoms with E-state index in [2.05, 4.69) is 27.7 Å². The number of esters is 3. The summed E-state index contributed by atoms with van der Waals surface area (Å²) in [7, 11) is 0. The summed E-state index contributed by atoms with van der Waals surface area (Å²) in [6, 6.07) is 0. The van der Waals surface area contributed by atoms with Crippen molar-refractivity contribution in [1.29, 1.82) is 0 Å². The van der Waals surface area contributed by atoms with E-state index >= 15 is 0 Å². The van der Waals surface area contributed by atoms with E-state index in [9.17, 15) is 14.4 Å². The zero-order valence-electron chi connectivity index (χ0n) is 39.5. The van der Waals surface area contributed by atoms with Gasteiger partial charge in [-0.05, 0) is 25.2 Å².